The lowest BCUT2D eigenvalue weighted by Gasteiger charge is -2.27. The van der Waals surface area contributed by atoms with Gasteiger partial charge in [0.25, 0.3) is 5.91 Å². The Kier molecular flexibility index (Phi) is 8.18. The monoisotopic (exact) mass is 355 g/mol. The van der Waals surface area contributed by atoms with Gasteiger partial charge in [0.05, 0.1) is 13.2 Å². The summed E-state index contributed by atoms with van der Waals surface area (Å²) in [6.07, 6.45) is 1.01. The van der Waals surface area contributed by atoms with Crippen molar-refractivity contribution in [3.63, 3.8) is 0 Å². The van der Waals surface area contributed by atoms with Gasteiger partial charge in [0.1, 0.15) is 0 Å². The van der Waals surface area contributed by atoms with Crippen LogP contribution in [0.4, 0.5) is 5.69 Å². The van der Waals surface area contributed by atoms with Gasteiger partial charge in [-0.1, -0.05) is 6.07 Å². The Labute approximate surface area is 149 Å². The van der Waals surface area contributed by atoms with Crippen molar-refractivity contribution in [2.45, 2.75) is 32.7 Å². The smallest absolute Gasteiger partial charge is 0.254 e. The van der Waals surface area contributed by atoms with Gasteiger partial charge in [-0.2, -0.15) is 0 Å². The van der Waals surface area contributed by atoms with Crippen LogP contribution in [0, 0.1) is 6.92 Å². The minimum atomic E-state index is -0.0821. The molecule has 1 aliphatic heterocycles. The van der Waals surface area contributed by atoms with Crippen molar-refractivity contribution in [2.24, 2.45) is 5.73 Å². The van der Waals surface area contributed by atoms with Crippen molar-refractivity contribution in [3.05, 3.63) is 29.3 Å². The number of amides is 2. The van der Waals surface area contributed by atoms with E-state index in [1.165, 1.54) is 0 Å². The molecular weight excluding hydrogens is 330 g/mol. The highest BCUT2D eigenvalue weighted by Crippen LogP contribution is 2.19. The van der Waals surface area contributed by atoms with Gasteiger partial charge in [-0.25, -0.2) is 0 Å². The maximum atomic E-state index is 12.5. The molecule has 0 aromatic heterocycles. The van der Waals surface area contributed by atoms with Gasteiger partial charge in [0, 0.05) is 36.8 Å². The van der Waals surface area contributed by atoms with Crippen LogP contribution >= 0.6 is 12.4 Å². The number of hydrogen-bond acceptors (Lipinski definition) is 4. The summed E-state index contributed by atoms with van der Waals surface area (Å²) in [7, 11) is 0. The zero-order chi connectivity index (χ0) is 16.8. The van der Waals surface area contributed by atoms with Crippen LogP contribution in [0.5, 0.6) is 0 Å². The van der Waals surface area contributed by atoms with Crippen LogP contribution in [0.1, 0.15) is 35.7 Å². The first-order valence-electron chi connectivity index (χ1n) is 8.00. The Balaban J connectivity index is 0.00000288. The fourth-order valence-corrected chi connectivity index (χ4v) is 2.41. The SMILES string of the molecule is Cc1ccc(C(=O)N2CCOCC2)cc1NC(=O)CCC(C)N.Cl. The summed E-state index contributed by atoms with van der Waals surface area (Å²) >= 11 is 0. The number of carbonyl (C=O) groups excluding carboxylic acids is 2. The van der Waals surface area contributed by atoms with Crippen LogP contribution in [0.15, 0.2) is 18.2 Å². The Bertz CT molecular complexity index is 572. The van der Waals surface area contributed by atoms with Gasteiger partial charge in [-0.05, 0) is 38.0 Å². The summed E-state index contributed by atoms with van der Waals surface area (Å²) in [5, 5.41) is 2.87. The molecule has 3 N–H and O–H groups in total. The number of nitrogens with zero attached hydrogens (tertiary/aromatic N) is 1. The predicted molar refractivity (Wildman–Crippen MR) is 96.7 cm³/mol. The molecule has 0 saturated carbocycles. The first-order chi connectivity index (χ1) is 11.0. The number of nitrogens with two attached hydrogens (primary N) is 1. The maximum Gasteiger partial charge on any atom is 0.254 e. The van der Waals surface area contributed by atoms with Gasteiger partial charge < -0.3 is 20.7 Å². The standard InChI is InChI=1S/C17H25N3O3.ClH/c1-12-3-5-14(17(22)20-7-9-23-10-8-20)11-15(12)19-16(21)6-4-13(2)18;/h3,5,11,13H,4,6-10,18H2,1-2H3,(H,19,21);1H. The number of benzene rings is 1. The van der Waals surface area contributed by atoms with Crippen molar-refractivity contribution in [3.8, 4) is 0 Å². The second kappa shape index (κ2) is 9.61. The number of halogens is 1. The number of carbonyl (C=O) groups is 2. The third-order valence-corrected chi connectivity index (χ3v) is 3.88. The van der Waals surface area contributed by atoms with E-state index in [-0.39, 0.29) is 30.3 Å². The third kappa shape index (κ3) is 5.78. The number of aryl methyl sites for hydroxylation is 1. The third-order valence-electron chi connectivity index (χ3n) is 3.88. The highest BCUT2D eigenvalue weighted by atomic mass is 35.5. The second-order valence-corrected chi connectivity index (χ2v) is 6.00. The number of ether oxygens (including phenoxy) is 1. The second-order valence-electron chi connectivity index (χ2n) is 6.00. The van der Waals surface area contributed by atoms with E-state index >= 15 is 0 Å². The lowest BCUT2D eigenvalue weighted by Crippen LogP contribution is -2.40. The zero-order valence-corrected chi connectivity index (χ0v) is 15.0. The molecule has 0 radical (unpaired) electrons. The van der Waals surface area contributed by atoms with Crippen molar-refractivity contribution < 1.29 is 14.3 Å². The molecule has 0 spiro atoms. The molecule has 7 heteroatoms. The molecule has 1 aromatic rings. The van der Waals surface area contributed by atoms with E-state index in [4.69, 9.17) is 10.5 Å². The van der Waals surface area contributed by atoms with E-state index in [1.54, 1.807) is 17.0 Å². The molecule has 1 heterocycles. The highest BCUT2D eigenvalue weighted by Gasteiger charge is 2.19. The molecule has 1 atom stereocenters. The quantitative estimate of drug-likeness (QED) is 0.845. The maximum absolute atomic E-state index is 12.5. The van der Waals surface area contributed by atoms with Crippen molar-refractivity contribution in [1.82, 2.24) is 4.90 Å². The van der Waals surface area contributed by atoms with Gasteiger partial charge in [0.15, 0.2) is 0 Å². The Morgan fingerprint density at radius 3 is 2.62 bits per heavy atom. The molecule has 1 unspecified atom stereocenters. The number of rotatable bonds is 5. The first kappa shape index (κ1) is 20.4. The van der Waals surface area contributed by atoms with Crippen LogP contribution in [-0.2, 0) is 9.53 Å². The number of morpholine rings is 1. The number of nitrogens with one attached hydrogen (secondary N) is 1. The number of anilines is 1. The molecule has 1 saturated heterocycles. The van der Waals surface area contributed by atoms with Gasteiger partial charge in [-0.15, -0.1) is 12.4 Å². The van der Waals surface area contributed by atoms with Gasteiger partial charge in [-0.3, -0.25) is 9.59 Å². The van der Waals surface area contributed by atoms with E-state index in [2.05, 4.69) is 5.32 Å². The molecule has 0 aliphatic carbocycles. The van der Waals surface area contributed by atoms with Crippen molar-refractivity contribution in [2.75, 3.05) is 31.6 Å². The molecule has 2 rings (SSSR count). The molecule has 134 valence electrons. The Morgan fingerprint density at radius 1 is 1.33 bits per heavy atom. The van der Waals surface area contributed by atoms with Crippen LogP contribution in [-0.4, -0.2) is 49.1 Å². The molecule has 0 bridgehead atoms. The Hall–Kier alpha value is -1.63. The van der Waals surface area contributed by atoms with Gasteiger partial charge >= 0.3 is 0 Å². The Morgan fingerprint density at radius 2 is 2.00 bits per heavy atom. The van der Waals surface area contributed by atoms with E-state index in [1.807, 2.05) is 19.9 Å². The average molecular weight is 356 g/mol. The molecule has 1 aliphatic rings. The minimum Gasteiger partial charge on any atom is -0.378 e. The summed E-state index contributed by atoms with van der Waals surface area (Å²) in [4.78, 5) is 26.3. The molecule has 2 amide bonds. The molecule has 6 nitrogen and oxygen atoms in total. The van der Waals surface area contributed by atoms with E-state index in [0.29, 0.717) is 50.4 Å². The topological polar surface area (TPSA) is 84.7 Å². The summed E-state index contributed by atoms with van der Waals surface area (Å²) in [5.74, 6) is -0.110. The zero-order valence-electron chi connectivity index (χ0n) is 14.2. The first-order valence-corrected chi connectivity index (χ1v) is 8.00. The molecule has 24 heavy (non-hydrogen) atoms. The molecule has 1 aromatic carbocycles. The van der Waals surface area contributed by atoms with E-state index < -0.39 is 0 Å². The fourth-order valence-electron chi connectivity index (χ4n) is 2.41. The predicted octanol–water partition coefficient (Wildman–Crippen LogP) is 1.96. The summed E-state index contributed by atoms with van der Waals surface area (Å²) < 4.78 is 5.27. The van der Waals surface area contributed by atoms with Gasteiger partial charge in [0.2, 0.25) is 5.91 Å². The van der Waals surface area contributed by atoms with E-state index in [0.717, 1.165) is 5.56 Å². The normalized spacial score (nSPS) is 15.4. The fraction of sp³-hybridized carbons (Fsp3) is 0.529. The largest absolute Gasteiger partial charge is 0.378 e. The van der Waals surface area contributed by atoms with Crippen LogP contribution in [0.3, 0.4) is 0 Å². The summed E-state index contributed by atoms with van der Waals surface area (Å²) in [5.41, 5.74) is 7.86. The summed E-state index contributed by atoms with van der Waals surface area (Å²) in [6.45, 7) is 6.12. The van der Waals surface area contributed by atoms with E-state index in [9.17, 15) is 9.59 Å². The average Bonchev–Trinajstić information content (AvgIpc) is 2.55. The van der Waals surface area contributed by atoms with Crippen LogP contribution < -0.4 is 11.1 Å². The molecule has 1 fully saturated rings. The highest BCUT2D eigenvalue weighted by molar-refractivity contribution is 5.97. The van der Waals surface area contributed by atoms with Crippen molar-refractivity contribution in [1.29, 1.82) is 0 Å². The van der Waals surface area contributed by atoms with Crippen LogP contribution in [0.2, 0.25) is 0 Å². The number of hydrogen-bond donors (Lipinski definition) is 2. The molecular formula is C17H26ClN3O3. The van der Waals surface area contributed by atoms with Crippen LogP contribution in [0.25, 0.3) is 0 Å². The van der Waals surface area contributed by atoms with Crippen molar-refractivity contribution >= 4 is 29.9 Å². The minimum absolute atomic E-state index is 0. The summed E-state index contributed by atoms with van der Waals surface area (Å²) in [6, 6.07) is 5.40. The lowest BCUT2D eigenvalue weighted by molar-refractivity contribution is -0.116. The lowest BCUT2D eigenvalue weighted by atomic mass is 10.1.